The number of ether oxygens (including phenoxy) is 1. The number of amides is 2. The van der Waals surface area contributed by atoms with Crippen LogP contribution in [0, 0.1) is 6.92 Å². The molecule has 0 spiro atoms. The number of sulfonamides is 1. The fourth-order valence-electron chi connectivity index (χ4n) is 3.68. The maximum absolute atomic E-state index is 13.0. The molecule has 0 aromatic heterocycles. The van der Waals surface area contributed by atoms with Crippen LogP contribution in [-0.4, -0.2) is 32.3 Å². The first-order chi connectivity index (χ1) is 18.5. The van der Waals surface area contributed by atoms with Crippen molar-refractivity contribution >= 4 is 44.9 Å². The molecule has 0 aliphatic carbocycles. The van der Waals surface area contributed by atoms with E-state index >= 15 is 0 Å². The second-order valence-electron chi connectivity index (χ2n) is 9.18. The minimum atomic E-state index is -3.98. The number of carbonyl (C=O) groups excluding carboxylic acids is 3. The van der Waals surface area contributed by atoms with Crippen molar-refractivity contribution in [2.75, 3.05) is 15.4 Å². The third kappa shape index (κ3) is 8.41. The second-order valence-corrected chi connectivity index (χ2v) is 10.9. The Morgan fingerprint density at radius 3 is 2.05 bits per heavy atom. The first kappa shape index (κ1) is 29.4. The molecule has 2 amide bonds. The lowest BCUT2D eigenvalue weighted by molar-refractivity contribution is -0.123. The molecule has 10 heteroatoms. The summed E-state index contributed by atoms with van der Waals surface area (Å²) in [6, 6.07) is 17.8. The van der Waals surface area contributed by atoms with Gasteiger partial charge in [0.25, 0.3) is 15.9 Å². The standard InChI is InChI=1S/C29H33N3O6S/c1-5-6-7-22-9-11-25(12-10-22)32-39(36,37)26-17-8-19(2)27(18-26)29(35)38-20(3)28(34)31-24-15-13-23(14-16-24)30-21(4)33/h8-18,20,32H,5-7H2,1-4H3,(H,30,33)(H,31,34). The third-order valence-electron chi connectivity index (χ3n) is 5.89. The molecule has 0 bridgehead atoms. The van der Waals surface area contributed by atoms with Crippen LogP contribution in [0.4, 0.5) is 17.1 Å². The zero-order chi connectivity index (χ0) is 28.6. The Hall–Kier alpha value is -4.18. The molecule has 0 saturated heterocycles. The Labute approximate surface area is 229 Å². The van der Waals surface area contributed by atoms with Crippen molar-refractivity contribution in [3.8, 4) is 0 Å². The Balaban J connectivity index is 1.66. The van der Waals surface area contributed by atoms with Crippen molar-refractivity contribution in [1.29, 1.82) is 0 Å². The summed E-state index contributed by atoms with van der Waals surface area (Å²) in [7, 11) is -3.98. The smallest absolute Gasteiger partial charge is 0.339 e. The summed E-state index contributed by atoms with van der Waals surface area (Å²) in [5, 5.41) is 5.26. The fourth-order valence-corrected chi connectivity index (χ4v) is 4.77. The highest BCUT2D eigenvalue weighted by Crippen LogP contribution is 2.21. The monoisotopic (exact) mass is 551 g/mol. The van der Waals surface area contributed by atoms with Crippen LogP contribution in [0.3, 0.4) is 0 Å². The van der Waals surface area contributed by atoms with Crippen molar-refractivity contribution in [3.63, 3.8) is 0 Å². The Morgan fingerprint density at radius 1 is 0.872 bits per heavy atom. The van der Waals surface area contributed by atoms with Gasteiger partial charge in [-0.05, 0) is 86.3 Å². The van der Waals surface area contributed by atoms with Crippen LogP contribution in [-0.2, 0) is 30.8 Å². The van der Waals surface area contributed by atoms with E-state index in [1.54, 1.807) is 43.3 Å². The third-order valence-corrected chi connectivity index (χ3v) is 7.27. The predicted octanol–water partition coefficient (Wildman–Crippen LogP) is 5.28. The normalized spacial score (nSPS) is 11.8. The largest absolute Gasteiger partial charge is 0.449 e. The van der Waals surface area contributed by atoms with Gasteiger partial charge in [-0.1, -0.05) is 31.5 Å². The van der Waals surface area contributed by atoms with E-state index in [0.717, 1.165) is 24.8 Å². The molecule has 0 fully saturated rings. The van der Waals surface area contributed by atoms with Crippen LogP contribution >= 0.6 is 0 Å². The molecule has 3 rings (SSSR count). The van der Waals surface area contributed by atoms with Gasteiger partial charge in [0, 0.05) is 24.0 Å². The number of nitrogens with one attached hydrogen (secondary N) is 3. The van der Waals surface area contributed by atoms with Crippen molar-refractivity contribution in [1.82, 2.24) is 0 Å². The minimum absolute atomic E-state index is 0.0344. The van der Waals surface area contributed by atoms with Gasteiger partial charge in [0.1, 0.15) is 0 Å². The lowest BCUT2D eigenvalue weighted by Gasteiger charge is -2.15. The lowest BCUT2D eigenvalue weighted by Crippen LogP contribution is -2.30. The van der Waals surface area contributed by atoms with Gasteiger partial charge in [-0.15, -0.1) is 0 Å². The van der Waals surface area contributed by atoms with Crippen LogP contribution in [0.5, 0.6) is 0 Å². The van der Waals surface area contributed by atoms with Crippen LogP contribution in [0.15, 0.2) is 71.6 Å². The van der Waals surface area contributed by atoms with Crippen LogP contribution in [0.1, 0.15) is 55.1 Å². The van der Waals surface area contributed by atoms with Crippen molar-refractivity contribution < 1.29 is 27.5 Å². The number of esters is 1. The molecule has 3 N–H and O–H groups in total. The summed E-state index contributed by atoms with van der Waals surface area (Å²) in [5.74, 6) is -1.61. The second kappa shape index (κ2) is 13.1. The van der Waals surface area contributed by atoms with Crippen LogP contribution < -0.4 is 15.4 Å². The van der Waals surface area contributed by atoms with Gasteiger partial charge in [0.05, 0.1) is 10.5 Å². The van der Waals surface area contributed by atoms with Gasteiger partial charge < -0.3 is 15.4 Å². The minimum Gasteiger partial charge on any atom is -0.449 e. The number of aryl methyl sites for hydroxylation is 2. The van der Waals surface area contributed by atoms with Crippen LogP contribution in [0.25, 0.3) is 0 Å². The molecule has 0 aliphatic heterocycles. The zero-order valence-electron chi connectivity index (χ0n) is 22.4. The van der Waals surface area contributed by atoms with Gasteiger partial charge in [-0.25, -0.2) is 13.2 Å². The fraction of sp³-hybridized carbons (Fsp3) is 0.276. The molecule has 3 aromatic rings. The summed E-state index contributed by atoms with van der Waals surface area (Å²) in [5.41, 5.74) is 3.10. The summed E-state index contributed by atoms with van der Waals surface area (Å²) in [6.07, 6.45) is 1.90. The van der Waals surface area contributed by atoms with E-state index < -0.39 is 28.0 Å². The molecule has 0 radical (unpaired) electrons. The summed E-state index contributed by atoms with van der Waals surface area (Å²) >= 11 is 0. The van der Waals surface area contributed by atoms with E-state index in [0.29, 0.717) is 22.6 Å². The van der Waals surface area contributed by atoms with Crippen molar-refractivity contribution in [3.05, 3.63) is 83.4 Å². The number of hydrogen-bond acceptors (Lipinski definition) is 6. The summed E-state index contributed by atoms with van der Waals surface area (Å²) in [6.45, 7) is 6.57. The molecule has 9 nitrogen and oxygen atoms in total. The van der Waals surface area contributed by atoms with Gasteiger partial charge in [0.15, 0.2) is 6.10 Å². The van der Waals surface area contributed by atoms with Crippen molar-refractivity contribution in [2.24, 2.45) is 0 Å². The lowest BCUT2D eigenvalue weighted by atomic mass is 10.1. The molecule has 206 valence electrons. The molecule has 1 unspecified atom stereocenters. The highest BCUT2D eigenvalue weighted by Gasteiger charge is 2.23. The number of rotatable bonds is 11. The first-order valence-corrected chi connectivity index (χ1v) is 14.1. The van der Waals surface area contributed by atoms with E-state index in [4.69, 9.17) is 4.74 Å². The average molecular weight is 552 g/mol. The predicted molar refractivity (Wildman–Crippen MR) is 151 cm³/mol. The van der Waals surface area contributed by atoms with Crippen molar-refractivity contribution in [2.45, 2.75) is 58.0 Å². The Kier molecular flexibility index (Phi) is 9.84. The van der Waals surface area contributed by atoms with Gasteiger partial charge in [0.2, 0.25) is 5.91 Å². The highest BCUT2D eigenvalue weighted by molar-refractivity contribution is 7.92. The zero-order valence-corrected chi connectivity index (χ0v) is 23.2. The molecule has 1 atom stereocenters. The maximum Gasteiger partial charge on any atom is 0.339 e. The van der Waals surface area contributed by atoms with E-state index in [-0.39, 0.29) is 16.4 Å². The summed E-state index contributed by atoms with van der Waals surface area (Å²) < 4.78 is 33.9. The highest BCUT2D eigenvalue weighted by atomic mass is 32.2. The molecule has 3 aromatic carbocycles. The van der Waals surface area contributed by atoms with E-state index in [9.17, 15) is 22.8 Å². The average Bonchev–Trinajstić information content (AvgIpc) is 2.89. The molecule has 0 saturated carbocycles. The number of hydrogen-bond donors (Lipinski definition) is 3. The summed E-state index contributed by atoms with van der Waals surface area (Å²) in [4.78, 5) is 36.5. The first-order valence-electron chi connectivity index (χ1n) is 12.6. The maximum atomic E-state index is 13.0. The van der Waals surface area contributed by atoms with E-state index in [1.165, 1.54) is 32.0 Å². The topological polar surface area (TPSA) is 131 Å². The molecule has 0 aliphatic rings. The Morgan fingerprint density at radius 2 is 1.46 bits per heavy atom. The van der Waals surface area contributed by atoms with E-state index in [1.807, 2.05) is 12.1 Å². The molecule has 0 heterocycles. The van der Waals surface area contributed by atoms with Crippen LogP contribution in [0.2, 0.25) is 0 Å². The van der Waals surface area contributed by atoms with Gasteiger partial charge in [-0.3, -0.25) is 14.3 Å². The Bertz CT molecular complexity index is 1430. The number of benzene rings is 3. The quantitative estimate of drug-likeness (QED) is 0.278. The number of anilines is 3. The number of carbonyl (C=O) groups is 3. The molecular formula is C29H33N3O6S. The number of unbranched alkanes of at least 4 members (excludes halogenated alkanes) is 1. The SMILES string of the molecule is CCCCc1ccc(NS(=O)(=O)c2ccc(C)c(C(=O)OC(C)C(=O)Nc3ccc(NC(C)=O)cc3)c2)cc1. The van der Waals surface area contributed by atoms with E-state index in [2.05, 4.69) is 22.3 Å². The molecular weight excluding hydrogens is 518 g/mol. The molecule has 39 heavy (non-hydrogen) atoms. The van der Waals surface area contributed by atoms with Gasteiger partial charge >= 0.3 is 5.97 Å². The van der Waals surface area contributed by atoms with Gasteiger partial charge in [-0.2, -0.15) is 0 Å².